The van der Waals surface area contributed by atoms with E-state index in [0.29, 0.717) is 13.1 Å². The van der Waals surface area contributed by atoms with E-state index in [1.807, 2.05) is 0 Å². The molecule has 1 rings (SSSR count). The standard InChI is InChI=1S/C12H14ClFN2/c1-2-3-6-16-12(8-15)9-4-5-10(13)11(14)7-9/h4-5,7,12,16H,6,8,15H2,1H3. The molecule has 0 radical (unpaired) electrons. The first-order valence-corrected chi connectivity index (χ1v) is 5.34. The van der Waals surface area contributed by atoms with Gasteiger partial charge in [-0.05, 0) is 24.6 Å². The van der Waals surface area contributed by atoms with Crippen LogP contribution in [0.15, 0.2) is 18.2 Å². The number of hydrogen-bond acceptors (Lipinski definition) is 2. The molecule has 86 valence electrons. The first-order valence-electron chi connectivity index (χ1n) is 4.97. The van der Waals surface area contributed by atoms with Crippen molar-refractivity contribution in [1.29, 1.82) is 0 Å². The van der Waals surface area contributed by atoms with Crippen LogP contribution in [0, 0.1) is 17.7 Å². The van der Waals surface area contributed by atoms with Gasteiger partial charge < -0.3 is 5.73 Å². The summed E-state index contributed by atoms with van der Waals surface area (Å²) < 4.78 is 13.2. The Hall–Kier alpha value is -1.08. The minimum absolute atomic E-state index is 0.104. The Labute approximate surface area is 100.0 Å². The summed E-state index contributed by atoms with van der Waals surface area (Å²) in [6.07, 6.45) is 0. The van der Waals surface area contributed by atoms with Crippen molar-refractivity contribution in [3.63, 3.8) is 0 Å². The van der Waals surface area contributed by atoms with Crippen LogP contribution < -0.4 is 11.1 Å². The molecular formula is C12H14ClFN2. The number of halogens is 2. The van der Waals surface area contributed by atoms with E-state index in [-0.39, 0.29) is 11.1 Å². The van der Waals surface area contributed by atoms with Crippen molar-refractivity contribution in [1.82, 2.24) is 5.32 Å². The SMILES string of the molecule is CC#CCNC(CN)c1ccc(Cl)c(F)c1. The molecular weight excluding hydrogens is 227 g/mol. The summed E-state index contributed by atoms with van der Waals surface area (Å²) in [6.45, 7) is 2.68. The summed E-state index contributed by atoms with van der Waals surface area (Å²) >= 11 is 5.61. The molecule has 1 aromatic carbocycles. The molecule has 1 atom stereocenters. The Morgan fingerprint density at radius 3 is 2.88 bits per heavy atom. The number of hydrogen-bond donors (Lipinski definition) is 2. The highest BCUT2D eigenvalue weighted by molar-refractivity contribution is 6.30. The van der Waals surface area contributed by atoms with Crippen LogP contribution in [-0.2, 0) is 0 Å². The van der Waals surface area contributed by atoms with Gasteiger partial charge in [0.2, 0.25) is 0 Å². The van der Waals surface area contributed by atoms with Crippen LogP contribution in [-0.4, -0.2) is 13.1 Å². The van der Waals surface area contributed by atoms with Gasteiger partial charge in [0.25, 0.3) is 0 Å². The quantitative estimate of drug-likeness (QED) is 0.791. The minimum atomic E-state index is -0.430. The van der Waals surface area contributed by atoms with Crippen LogP contribution in [0.3, 0.4) is 0 Å². The fourth-order valence-corrected chi connectivity index (χ4v) is 1.45. The molecule has 0 heterocycles. The van der Waals surface area contributed by atoms with Gasteiger partial charge in [-0.1, -0.05) is 23.6 Å². The summed E-state index contributed by atoms with van der Waals surface area (Å²) in [5.41, 5.74) is 6.39. The molecule has 0 fully saturated rings. The summed E-state index contributed by atoms with van der Waals surface area (Å²) in [5, 5.41) is 3.24. The molecule has 0 spiro atoms. The van der Waals surface area contributed by atoms with Gasteiger partial charge in [0, 0.05) is 12.6 Å². The fourth-order valence-electron chi connectivity index (χ4n) is 1.33. The molecule has 0 aliphatic carbocycles. The van der Waals surface area contributed by atoms with Crippen molar-refractivity contribution in [2.75, 3.05) is 13.1 Å². The van der Waals surface area contributed by atoms with Gasteiger partial charge in [0.15, 0.2) is 0 Å². The number of benzene rings is 1. The minimum Gasteiger partial charge on any atom is -0.329 e. The van der Waals surface area contributed by atoms with Crippen molar-refractivity contribution in [3.05, 3.63) is 34.6 Å². The lowest BCUT2D eigenvalue weighted by Crippen LogP contribution is -2.28. The second-order valence-corrected chi connectivity index (χ2v) is 3.68. The maximum atomic E-state index is 13.2. The lowest BCUT2D eigenvalue weighted by atomic mass is 10.1. The first-order chi connectivity index (χ1) is 7.69. The molecule has 0 bridgehead atoms. The fraction of sp³-hybridized carbons (Fsp3) is 0.333. The molecule has 3 N–H and O–H groups in total. The zero-order valence-corrected chi connectivity index (χ0v) is 9.81. The van der Waals surface area contributed by atoms with Gasteiger partial charge in [0.05, 0.1) is 11.6 Å². The summed E-state index contributed by atoms with van der Waals surface area (Å²) in [7, 11) is 0. The van der Waals surface area contributed by atoms with Crippen LogP contribution in [0.25, 0.3) is 0 Å². The van der Waals surface area contributed by atoms with Crippen molar-refractivity contribution in [2.45, 2.75) is 13.0 Å². The maximum absolute atomic E-state index is 13.2. The van der Waals surface area contributed by atoms with E-state index >= 15 is 0 Å². The highest BCUT2D eigenvalue weighted by Gasteiger charge is 2.10. The number of nitrogens with one attached hydrogen (secondary N) is 1. The van der Waals surface area contributed by atoms with E-state index < -0.39 is 5.82 Å². The largest absolute Gasteiger partial charge is 0.329 e. The average Bonchev–Trinajstić information content (AvgIpc) is 2.29. The molecule has 2 nitrogen and oxygen atoms in total. The van der Waals surface area contributed by atoms with Gasteiger partial charge in [0.1, 0.15) is 5.82 Å². The Balaban J connectivity index is 2.77. The Morgan fingerprint density at radius 2 is 2.31 bits per heavy atom. The van der Waals surface area contributed by atoms with Gasteiger partial charge in [-0.3, -0.25) is 5.32 Å². The molecule has 0 saturated carbocycles. The van der Waals surface area contributed by atoms with E-state index in [9.17, 15) is 4.39 Å². The summed E-state index contributed by atoms with van der Waals surface area (Å²) in [6, 6.07) is 4.58. The third-order valence-corrected chi connectivity index (χ3v) is 2.50. The van der Waals surface area contributed by atoms with E-state index in [0.717, 1.165) is 5.56 Å². The monoisotopic (exact) mass is 240 g/mol. The molecule has 0 aliphatic rings. The molecule has 4 heteroatoms. The van der Waals surface area contributed by atoms with Crippen LogP contribution in [0.5, 0.6) is 0 Å². The summed E-state index contributed by atoms with van der Waals surface area (Å²) in [5.74, 6) is 5.21. The van der Waals surface area contributed by atoms with E-state index in [4.69, 9.17) is 17.3 Å². The van der Waals surface area contributed by atoms with Crippen LogP contribution in [0.2, 0.25) is 5.02 Å². The lowest BCUT2D eigenvalue weighted by molar-refractivity contribution is 0.570. The summed E-state index contributed by atoms with van der Waals surface area (Å²) in [4.78, 5) is 0. The Bertz CT molecular complexity index is 409. The van der Waals surface area contributed by atoms with Crippen molar-refractivity contribution >= 4 is 11.6 Å². The van der Waals surface area contributed by atoms with Crippen LogP contribution in [0.4, 0.5) is 4.39 Å². The smallest absolute Gasteiger partial charge is 0.142 e. The predicted molar refractivity (Wildman–Crippen MR) is 64.7 cm³/mol. The highest BCUT2D eigenvalue weighted by Crippen LogP contribution is 2.19. The van der Waals surface area contributed by atoms with Crippen LogP contribution >= 0.6 is 11.6 Å². The van der Waals surface area contributed by atoms with Crippen molar-refractivity contribution in [3.8, 4) is 11.8 Å². The molecule has 1 aromatic rings. The Kier molecular flexibility index (Phi) is 5.27. The van der Waals surface area contributed by atoms with Gasteiger partial charge >= 0.3 is 0 Å². The van der Waals surface area contributed by atoms with Gasteiger partial charge in [-0.25, -0.2) is 4.39 Å². The predicted octanol–water partition coefficient (Wildman–Crippen LogP) is 2.09. The zero-order chi connectivity index (χ0) is 12.0. The van der Waals surface area contributed by atoms with Crippen molar-refractivity contribution < 1.29 is 4.39 Å². The highest BCUT2D eigenvalue weighted by atomic mass is 35.5. The van der Waals surface area contributed by atoms with Gasteiger partial charge in [-0.15, -0.1) is 5.92 Å². The Morgan fingerprint density at radius 1 is 1.56 bits per heavy atom. The molecule has 0 aliphatic heterocycles. The van der Waals surface area contributed by atoms with Crippen molar-refractivity contribution in [2.24, 2.45) is 5.73 Å². The average molecular weight is 241 g/mol. The molecule has 0 aromatic heterocycles. The molecule has 1 unspecified atom stereocenters. The first kappa shape index (κ1) is 13.0. The second-order valence-electron chi connectivity index (χ2n) is 3.27. The topological polar surface area (TPSA) is 38.0 Å². The van der Waals surface area contributed by atoms with Crippen LogP contribution in [0.1, 0.15) is 18.5 Å². The normalized spacial score (nSPS) is 11.8. The van der Waals surface area contributed by atoms with E-state index in [1.165, 1.54) is 12.1 Å². The maximum Gasteiger partial charge on any atom is 0.142 e. The van der Waals surface area contributed by atoms with E-state index in [2.05, 4.69) is 17.2 Å². The zero-order valence-electron chi connectivity index (χ0n) is 9.06. The van der Waals surface area contributed by atoms with Gasteiger partial charge in [-0.2, -0.15) is 0 Å². The third kappa shape index (κ3) is 3.49. The molecule has 16 heavy (non-hydrogen) atoms. The number of nitrogens with two attached hydrogens (primary N) is 1. The number of rotatable bonds is 4. The third-order valence-electron chi connectivity index (χ3n) is 2.20. The van der Waals surface area contributed by atoms with E-state index in [1.54, 1.807) is 13.0 Å². The molecule has 0 saturated heterocycles. The lowest BCUT2D eigenvalue weighted by Gasteiger charge is -2.15. The second kappa shape index (κ2) is 6.49. The molecule has 0 amide bonds.